The van der Waals surface area contributed by atoms with Crippen molar-refractivity contribution in [3.8, 4) is 0 Å². The van der Waals surface area contributed by atoms with E-state index in [0.717, 1.165) is 0 Å². The Morgan fingerprint density at radius 1 is 1.28 bits per heavy atom. The van der Waals surface area contributed by atoms with Crippen LogP contribution >= 0.6 is 0 Å². The third kappa shape index (κ3) is 5.70. The van der Waals surface area contributed by atoms with Crippen molar-refractivity contribution in [1.82, 2.24) is 0 Å². The maximum absolute atomic E-state index is 11.8. The molecule has 1 unspecified atom stereocenters. The van der Waals surface area contributed by atoms with Gasteiger partial charge >= 0.3 is 0 Å². The molecule has 0 aliphatic rings. The Morgan fingerprint density at radius 2 is 1.83 bits per heavy atom. The van der Waals surface area contributed by atoms with Crippen molar-refractivity contribution < 1.29 is 27.3 Å². The van der Waals surface area contributed by atoms with Crippen LogP contribution in [0.1, 0.15) is 33.1 Å². The molecule has 0 aromatic heterocycles. The molecule has 0 N–H and O–H groups in total. The van der Waals surface area contributed by atoms with Crippen LogP contribution in [0.15, 0.2) is 0 Å². The second-order valence-electron chi connectivity index (χ2n) is 4.46. The van der Waals surface area contributed by atoms with Gasteiger partial charge in [-0.1, -0.05) is 6.42 Å². The molecule has 0 bridgehead atoms. The average molecular weight is 279 g/mol. The van der Waals surface area contributed by atoms with E-state index in [1.54, 1.807) is 0 Å². The normalized spacial score (nSPS) is 15.1. The Morgan fingerprint density at radius 3 is 2.22 bits per heavy atom. The van der Waals surface area contributed by atoms with Gasteiger partial charge in [0.25, 0.3) is 0 Å². The molecule has 0 radical (unpaired) electrons. The maximum atomic E-state index is 11.8. The first kappa shape index (κ1) is 17.2. The van der Waals surface area contributed by atoms with E-state index in [0.29, 0.717) is 6.42 Å². The van der Waals surface area contributed by atoms with Gasteiger partial charge in [-0.25, -0.2) is 8.42 Å². The number of carbonyl (C=O) groups excluding carboxylic acids is 2. The number of unbranched alkanes of at least 4 members (excludes halogenated alkanes) is 1. The van der Waals surface area contributed by atoms with E-state index in [1.165, 1.54) is 21.0 Å². The van der Waals surface area contributed by atoms with E-state index in [9.17, 15) is 22.6 Å². The maximum Gasteiger partial charge on any atom is 0.171 e. The lowest BCUT2D eigenvalue weighted by Gasteiger charge is -2.24. The zero-order valence-electron chi connectivity index (χ0n) is 10.9. The van der Waals surface area contributed by atoms with Crippen LogP contribution in [0.25, 0.3) is 0 Å². The molecule has 0 aliphatic carbocycles. The third-order valence-corrected chi connectivity index (χ3v) is 3.78. The molecule has 1 atom stereocenters. The molecule has 0 rings (SSSR count). The van der Waals surface area contributed by atoms with Gasteiger partial charge in [0.05, 0.1) is 15.5 Å². The third-order valence-electron chi connectivity index (χ3n) is 2.99. The molecule has 0 fully saturated rings. The number of methoxy groups -OCH3 is 1. The second-order valence-corrected chi connectivity index (χ2v) is 5.99. The van der Waals surface area contributed by atoms with Crippen molar-refractivity contribution in [3.63, 3.8) is 0 Å². The van der Waals surface area contributed by atoms with Crippen molar-refractivity contribution in [2.75, 3.05) is 19.5 Å². The summed E-state index contributed by atoms with van der Waals surface area (Å²) in [6.07, 6.45) is 0.696. The molecule has 0 aliphatic heterocycles. The zero-order valence-corrected chi connectivity index (χ0v) is 11.7. The van der Waals surface area contributed by atoms with Crippen LogP contribution in [-0.4, -0.2) is 44.0 Å². The molecule has 0 aromatic rings. The molecule has 0 saturated carbocycles. The standard InChI is InChI=1S/C11H20O6S/c1-9(12)11(2,10(13)8-17-3)6-4-5-7-18(14,15)16/h4-8H2,1-3H3,(H,14,15,16)/p-1. The van der Waals surface area contributed by atoms with E-state index in [-0.39, 0.29) is 31.0 Å². The fourth-order valence-corrected chi connectivity index (χ4v) is 2.12. The zero-order chi connectivity index (χ0) is 14.4. The first-order valence-electron chi connectivity index (χ1n) is 5.60. The highest BCUT2D eigenvalue weighted by Gasteiger charge is 2.36. The molecular formula is C11H19O6S-. The molecule has 0 aromatic carbocycles. The van der Waals surface area contributed by atoms with Gasteiger partial charge in [-0.3, -0.25) is 9.59 Å². The molecule has 0 spiro atoms. The Balaban J connectivity index is 4.46. The van der Waals surface area contributed by atoms with Gasteiger partial charge in [0.2, 0.25) is 0 Å². The van der Waals surface area contributed by atoms with Crippen molar-refractivity contribution in [1.29, 1.82) is 0 Å². The molecule has 6 nitrogen and oxygen atoms in total. The number of hydrogen-bond donors (Lipinski definition) is 0. The predicted octanol–water partition coefficient (Wildman–Crippen LogP) is 0.513. The number of hydrogen-bond acceptors (Lipinski definition) is 6. The first-order valence-corrected chi connectivity index (χ1v) is 7.18. The highest BCUT2D eigenvalue weighted by atomic mass is 32.2. The number of ether oxygens (including phenoxy) is 1. The van der Waals surface area contributed by atoms with Gasteiger partial charge in [-0.15, -0.1) is 0 Å². The molecule has 7 heteroatoms. The molecule has 0 saturated heterocycles. The quantitative estimate of drug-likeness (QED) is 0.346. The van der Waals surface area contributed by atoms with Crippen molar-refractivity contribution >= 4 is 21.7 Å². The Hall–Kier alpha value is -0.790. The van der Waals surface area contributed by atoms with Gasteiger partial charge in [0, 0.05) is 12.9 Å². The summed E-state index contributed by atoms with van der Waals surface area (Å²) >= 11 is 0. The fourth-order valence-electron chi connectivity index (χ4n) is 1.56. The molecule has 18 heavy (non-hydrogen) atoms. The minimum atomic E-state index is -4.24. The summed E-state index contributed by atoms with van der Waals surface area (Å²) in [6, 6.07) is 0. The Labute approximate surface area is 107 Å². The van der Waals surface area contributed by atoms with Gasteiger partial charge < -0.3 is 9.29 Å². The van der Waals surface area contributed by atoms with Gasteiger partial charge in [0.1, 0.15) is 12.4 Å². The van der Waals surface area contributed by atoms with Crippen molar-refractivity contribution in [2.24, 2.45) is 5.41 Å². The smallest absolute Gasteiger partial charge is 0.171 e. The molecule has 0 amide bonds. The average Bonchev–Trinajstić information content (AvgIpc) is 2.22. The fraction of sp³-hybridized carbons (Fsp3) is 0.818. The SMILES string of the molecule is COCC(=O)C(C)(CCCCS(=O)(=O)[O-])C(C)=O. The van der Waals surface area contributed by atoms with E-state index in [4.69, 9.17) is 4.74 Å². The summed E-state index contributed by atoms with van der Waals surface area (Å²) in [7, 11) is -2.87. The van der Waals surface area contributed by atoms with Gasteiger partial charge in [0.15, 0.2) is 5.78 Å². The van der Waals surface area contributed by atoms with Crippen molar-refractivity contribution in [3.05, 3.63) is 0 Å². The summed E-state index contributed by atoms with van der Waals surface area (Å²) < 4.78 is 36.0. The summed E-state index contributed by atoms with van der Waals surface area (Å²) in [4.78, 5) is 23.3. The Bertz CT molecular complexity index is 400. The van der Waals surface area contributed by atoms with Crippen molar-refractivity contribution in [2.45, 2.75) is 33.1 Å². The molecular weight excluding hydrogens is 260 g/mol. The van der Waals surface area contributed by atoms with Crippen LogP contribution in [0.3, 0.4) is 0 Å². The largest absolute Gasteiger partial charge is 0.748 e. The minimum Gasteiger partial charge on any atom is -0.748 e. The molecule has 0 heterocycles. The minimum absolute atomic E-state index is 0.148. The van der Waals surface area contributed by atoms with Crippen LogP contribution in [-0.2, 0) is 24.4 Å². The Kier molecular flexibility index (Phi) is 6.66. The highest BCUT2D eigenvalue weighted by molar-refractivity contribution is 7.85. The van der Waals surface area contributed by atoms with Crippen LogP contribution in [0, 0.1) is 5.41 Å². The lowest BCUT2D eigenvalue weighted by molar-refractivity contribution is -0.141. The van der Waals surface area contributed by atoms with Crippen LogP contribution < -0.4 is 0 Å². The monoisotopic (exact) mass is 279 g/mol. The number of Topliss-reactive ketones (excluding diaryl/α,β-unsaturated/α-hetero) is 2. The highest BCUT2D eigenvalue weighted by Crippen LogP contribution is 2.27. The van der Waals surface area contributed by atoms with Crippen LogP contribution in [0.5, 0.6) is 0 Å². The topological polar surface area (TPSA) is 101 Å². The number of ketones is 2. The number of rotatable bonds is 9. The summed E-state index contributed by atoms with van der Waals surface area (Å²) in [6.45, 7) is 2.68. The first-order chi connectivity index (χ1) is 8.13. The van der Waals surface area contributed by atoms with Gasteiger partial charge in [-0.05, 0) is 26.7 Å². The van der Waals surface area contributed by atoms with E-state index in [1.807, 2.05) is 0 Å². The summed E-state index contributed by atoms with van der Waals surface area (Å²) in [5, 5.41) is 0. The predicted molar refractivity (Wildman–Crippen MR) is 64.1 cm³/mol. The lowest BCUT2D eigenvalue weighted by Crippen LogP contribution is -2.37. The van der Waals surface area contributed by atoms with Crippen LogP contribution in [0.4, 0.5) is 0 Å². The second kappa shape index (κ2) is 6.96. The lowest BCUT2D eigenvalue weighted by atomic mass is 9.77. The summed E-state index contributed by atoms with van der Waals surface area (Å²) in [5.74, 6) is -1.09. The van der Waals surface area contributed by atoms with E-state index >= 15 is 0 Å². The van der Waals surface area contributed by atoms with E-state index in [2.05, 4.69) is 0 Å². The summed E-state index contributed by atoms with van der Waals surface area (Å²) in [5.41, 5.74) is -1.16. The number of carbonyl (C=O) groups is 2. The van der Waals surface area contributed by atoms with Crippen LogP contribution in [0.2, 0.25) is 0 Å². The molecule has 106 valence electrons. The van der Waals surface area contributed by atoms with Gasteiger partial charge in [-0.2, -0.15) is 0 Å². The van der Waals surface area contributed by atoms with E-state index < -0.39 is 21.3 Å².